The standard InChI is InChI=1S/C18H29ClN2O3/c1-14(2)24-18-16(19)11-15(12-17(18)22-3)13-20-5-4-6-21-7-9-23-10-8-21/h11-12,14,20H,4-10,13H2,1-3H3. The van der Waals surface area contributed by atoms with Crippen molar-refractivity contribution in [3.8, 4) is 11.5 Å². The maximum absolute atomic E-state index is 6.35. The molecule has 0 saturated carbocycles. The lowest BCUT2D eigenvalue weighted by Gasteiger charge is -2.26. The van der Waals surface area contributed by atoms with Crippen molar-refractivity contribution in [3.05, 3.63) is 22.7 Å². The minimum absolute atomic E-state index is 0.0561. The van der Waals surface area contributed by atoms with Crippen molar-refractivity contribution in [2.45, 2.75) is 32.9 Å². The van der Waals surface area contributed by atoms with Gasteiger partial charge in [-0.3, -0.25) is 4.90 Å². The largest absolute Gasteiger partial charge is 0.493 e. The van der Waals surface area contributed by atoms with E-state index in [1.54, 1.807) is 7.11 Å². The van der Waals surface area contributed by atoms with Crippen molar-refractivity contribution in [1.29, 1.82) is 0 Å². The normalized spacial score (nSPS) is 15.7. The van der Waals surface area contributed by atoms with Gasteiger partial charge in [0.25, 0.3) is 0 Å². The number of hydrogen-bond acceptors (Lipinski definition) is 5. The molecule has 24 heavy (non-hydrogen) atoms. The van der Waals surface area contributed by atoms with Gasteiger partial charge in [0.1, 0.15) is 0 Å². The number of ether oxygens (including phenoxy) is 3. The molecule has 1 fully saturated rings. The van der Waals surface area contributed by atoms with Crippen LogP contribution in [-0.4, -0.2) is 57.5 Å². The Kier molecular flexibility index (Phi) is 8.12. The predicted molar refractivity (Wildman–Crippen MR) is 97.4 cm³/mol. The molecule has 0 aromatic heterocycles. The molecule has 0 radical (unpaired) electrons. The Bertz CT molecular complexity index is 505. The second-order valence-corrected chi connectivity index (χ2v) is 6.67. The molecule has 0 atom stereocenters. The lowest BCUT2D eigenvalue weighted by atomic mass is 10.2. The van der Waals surface area contributed by atoms with Crippen LogP contribution in [0.25, 0.3) is 0 Å². The highest BCUT2D eigenvalue weighted by molar-refractivity contribution is 6.32. The molecule has 6 heteroatoms. The number of morpholine rings is 1. The first-order valence-corrected chi connectivity index (χ1v) is 9.02. The third kappa shape index (κ3) is 6.13. The first kappa shape index (κ1) is 19.3. The summed E-state index contributed by atoms with van der Waals surface area (Å²) in [6.07, 6.45) is 1.18. The summed E-state index contributed by atoms with van der Waals surface area (Å²) in [5.41, 5.74) is 1.10. The highest BCUT2D eigenvalue weighted by Gasteiger charge is 2.13. The van der Waals surface area contributed by atoms with E-state index in [-0.39, 0.29) is 6.10 Å². The Morgan fingerprint density at radius 2 is 2.04 bits per heavy atom. The van der Waals surface area contributed by atoms with Crippen LogP contribution in [0.4, 0.5) is 0 Å². The summed E-state index contributed by atoms with van der Waals surface area (Å²) in [6.45, 7) is 10.6. The Labute approximate surface area is 150 Å². The molecule has 1 saturated heterocycles. The average molecular weight is 357 g/mol. The molecule has 1 N–H and O–H groups in total. The molecule has 0 aliphatic carbocycles. The molecule has 1 aromatic carbocycles. The van der Waals surface area contributed by atoms with Crippen LogP contribution in [0.1, 0.15) is 25.8 Å². The van der Waals surface area contributed by atoms with Gasteiger partial charge >= 0.3 is 0 Å². The summed E-state index contributed by atoms with van der Waals surface area (Å²) >= 11 is 6.35. The van der Waals surface area contributed by atoms with E-state index in [0.717, 1.165) is 57.9 Å². The van der Waals surface area contributed by atoms with E-state index in [4.69, 9.17) is 25.8 Å². The van der Waals surface area contributed by atoms with E-state index in [9.17, 15) is 0 Å². The molecule has 136 valence electrons. The fourth-order valence-corrected chi connectivity index (χ4v) is 2.99. The lowest BCUT2D eigenvalue weighted by Crippen LogP contribution is -2.37. The highest BCUT2D eigenvalue weighted by atomic mass is 35.5. The molecule has 1 aromatic rings. The second-order valence-electron chi connectivity index (χ2n) is 6.26. The van der Waals surface area contributed by atoms with E-state index in [1.165, 1.54) is 0 Å². The molecule has 5 nitrogen and oxygen atoms in total. The van der Waals surface area contributed by atoms with Crippen LogP contribution in [-0.2, 0) is 11.3 Å². The van der Waals surface area contributed by atoms with E-state index < -0.39 is 0 Å². The van der Waals surface area contributed by atoms with Crippen LogP contribution < -0.4 is 14.8 Å². The summed E-state index contributed by atoms with van der Waals surface area (Å²) in [6, 6.07) is 3.93. The van der Waals surface area contributed by atoms with Gasteiger partial charge in [0.15, 0.2) is 11.5 Å². The summed E-state index contributed by atoms with van der Waals surface area (Å²) < 4.78 is 16.5. The van der Waals surface area contributed by atoms with E-state index >= 15 is 0 Å². The number of methoxy groups -OCH3 is 1. The number of hydrogen-bond donors (Lipinski definition) is 1. The summed E-state index contributed by atoms with van der Waals surface area (Å²) in [7, 11) is 1.64. The quantitative estimate of drug-likeness (QED) is 0.689. The van der Waals surface area contributed by atoms with Gasteiger partial charge in [0.05, 0.1) is 31.5 Å². The first-order valence-electron chi connectivity index (χ1n) is 8.64. The molecule has 2 rings (SSSR count). The van der Waals surface area contributed by atoms with E-state index in [2.05, 4.69) is 10.2 Å². The molecule has 0 bridgehead atoms. The third-order valence-corrected chi connectivity index (χ3v) is 4.18. The Hall–Kier alpha value is -1.01. The number of rotatable bonds is 9. The third-order valence-electron chi connectivity index (χ3n) is 3.90. The summed E-state index contributed by atoms with van der Waals surface area (Å²) in [5, 5.41) is 4.06. The molecular weight excluding hydrogens is 328 g/mol. The number of benzene rings is 1. The van der Waals surface area contributed by atoms with Crippen molar-refractivity contribution in [1.82, 2.24) is 10.2 Å². The van der Waals surface area contributed by atoms with Crippen LogP contribution in [0.15, 0.2) is 12.1 Å². The fraction of sp³-hybridized carbons (Fsp3) is 0.667. The van der Waals surface area contributed by atoms with Gasteiger partial charge in [0.2, 0.25) is 0 Å². The number of halogens is 1. The lowest BCUT2D eigenvalue weighted by molar-refractivity contribution is 0.0374. The topological polar surface area (TPSA) is 43.0 Å². The zero-order chi connectivity index (χ0) is 17.4. The Morgan fingerprint density at radius 1 is 1.29 bits per heavy atom. The van der Waals surface area contributed by atoms with Crippen LogP contribution in [0, 0.1) is 0 Å². The monoisotopic (exact) mass is 356 g/mol. The smallest absolute Gasteiger partial charge is 0.180 e. The van der Waals surface area contributed by atoms with Crippen LogP contribution >= 0.6 is 11.6 Å². The van der Waals surface area contributed by atoms with Gasteiger partial charge in [-0.1, -0.05) is 11.6 Å². The van der Waals surface area contributed by atoms with E-state index in [1.807, 2.05) is 26.0 Å². The minimum Gasteiger partial charge on any atom is -0.493 e. The Morgan fingerprint density at radius 3 is 2.71 bits per heavy atom. The SMILES string of the molecule is COc1cc(CNCCCN2CCOCC2)cc(Cl)c1OC(C)C. The predicted octanol–water partition coefficient (Wildman–Crippen LogP) is 2.95. The van der Waals surface area contributed by atoms with Gasteiger partial charge in [-0.05, 0) is 51.1 Å². The van der Waals surface area contributed by atoms with Crippen molar-refractivity contribution >= 4 is 11.6 Å². The minimum atomic E-state index is 0.0561. The van der Waals surface area contributed by atoms with Crippen LogP contribution in [0.2, 0.25) is 5.02 Å². The van der Waals surface area contributed by atoms with E-state index in [0.29, 0.717) is 16.5 Å². The van der Waals surface area contributed by atoms with Gasteiger partial charge in [-0.25, -0.2) is 0 Å². The molecular formula is C18H29ClN2O3. The van der Waals surface area contributed by atoms with Gasteiger partial charge in [-0.15, -0.1) is 0 Å². The number of nitrogens with one attached hydrogen (secondary N) is 1. The molecule has 0 amide bonds. The fourth-order valence-electron chi connectivity index (χ4n) is 2.71. The zero-order valence-electron chi connectivity index (χ0n) is 14.9. The maximum Gasteiger partial charge on any atom is 0.180 e. The highest BCUT2D eigenvalue weighted by Crippen LogP contribution is 2.37. The van der Waals surface area contributed by atoms with Crippen molar-refractivity contribution in [3.63, 3.8) is 0 Å². The van der Waals surface area contributed by atoms with Gasteiger partial charge in [0, 0.05) is 19.6 Å². The van der Waals surface area contributed by atoms with Crippen LogP contribution in [0.5, 0.6) is 11.5 Å². The number of nitrogens with zero attached hydrogens (tertiary/aromatic N) is 1. The Balaban J connectivity index is 1.78. The molecule has 1 heterocycles. The maximum atomic E-state index is 6.35. The zero-order valence-corrected chi connectivity index (χ0v) is 15.7. The van der Waals surface area contributed by atoms with Gasteiger partial charge < -0.3 is 19.5 Å². The van der Waals surface area contributed by atoms with Crippen LogP contribution in [0.3, 0.4) is 0 Å². The van der Waals surface area contributed by atoms with Gasteiger partial charge in [-0.2, -0.15) is 0 Å². The molecule has 0 unspecified atom stereocenters. The summed E-state index contributed by atoms with van der Waals surface area (Å²) in [5.74, 6) is 1.30. The van der Waals surface area contributed by atoms with Crippen molar-refractivity contribution in [2.75, 3.05) is 46.5 Å². The first-order chi connectivity index (χ1) is 11.6. The average Bonchev–Trinajstić information content (AvgIpc) is 2.57. The molecule has 1 aliphatic heterocycles. The molecule has 1 aliphatic rings. The summed E-state index contributed by atoms with van der Waals surface area (Å²) in [4.78, 5) is 2.45. The van der Waals surface area contributed by atoms with Crippen molar-refractivity contribution in [2.24, 2.45) is 0 Å². The van der Waals surface area contributed by atoms with Crippen molar-refractivity contribution < 1.29 is 14.2 Å². The molecule has 0 spiro atoms. The second kappa shape index (κ2) is 10.1.